The van der Waals surface area contributed by atoms with Crippen LogP contribution >= 0.6 is 0 Å². The van der Waals surface area contributed by atoms with Crippen LogP contribution in [0.4, 0.5) is 0 Å². The molecule has 1 saturated carbocycles. The Balaban J connectivity index is 1.99. The summed E-state index contributed by atoms with van der Waals surface area (Å²) in [6.07, 6.45) is 6.87. The fourth-order valence-corrected chi connectivity index (χ4v) is 3.60. The van der Waals surface area contributed by atoms with Gasteiger partial charge in [0.2, 0.25) is 0 Å². The van der Waals surface area contributed by atoms with Crippen molar-refractivity contribution in [3.63, 3.8) is 0 Å². The first-order valence-electron chi connectivity index (χ1n) is 8.74. The minimum atomic E-state index is 0.353. The lowest BCUT2D eigenvalue weighted by molar-refractivity contribution is 0.227. The van der Waals surface area contributed by atoms with Crippen LogP contribution in [0.15, 0.2) is 30.3 Å². The predicted molar refractivity (Wildman–Crippen MR) is 92.4 cm³/mol. The van der Waals surface area contributed by atoms with Gasteiger partial charge in [0.25, 0.3) is 0 Å². The fourth-order valence-electron chi connectivity index (χ4n) is 3.60. The summed E-state index contributed by atoms with van der Waals surface area (Å²) >= 11 is 0. The molecule has 1 aromatic carbocycles. The van der Waals surface area contributed by atoms with Crippen molar-refractivity contribution in [2.45, 2.75) is 65.8 Å². The Labute approximate surface area is 131 Å². The molecular formula is C20H33N. The van der Waals surface area contributed by atoms with E-state index in [-0.39, 0.29) is 0 Å². The molecule has 21 heavy (non-hydrogen) atoms. The van der Waals surface area contributed by atoms with Crippen molar-refractivity contribution in [3.8, 4) is 0 Å². The molecule has 0 bridgehead atoms. The number of rotatable bonds is 5. The normalized spacial score (nSPS) is 24.8. The second kappa shape index (κ2) is 7.45. The van der Waals surface area contributed by atoms with E-state index in [1.807, 2.05) is 0 Å². The van der Waals surface area contributed by atoms with E-state index in [2.05, 4.69) is 63.3 Å². The third kappa shape index (κ3) is 5.47. The largest absolute Gasteiger partial charge is 0.310 e. The Kier molecular flexibility index (Phi) is 5.87. The Morgan fingerprint density at radius 1 is 1.10 bits per heavy atom. The summed E-state index contributed by atoms with van der Waals surface area (Å²) in [5, 5.41) is 3.89. The lowest BCUT2D eigenvalue weighted by Crippen LogP contribution is -2.33. The van der Waals surface area contributed by atoms with Gasteiger partial charge in [0.15, 0.2) is 0 Å². The number of benzene rings is 1. The van der Waals surface area contributed by atoms with Crippen molar-refractivity contribution in [3.05, 3.63) is 35.9 Å². The first-order chi connectivity index (χ1) is 9.96. The van der Waals surface area contributed by atoms with Gasteiger partial charge in [-0.1, -0.05) is 77.3 Å². The van der Waals surface area contributed by atoms with E-state index in [1.54, 1.807) is 0 Å². The molecule has 118 valence electrons. The Morgan fingerprint density at radius 2 is 1.76 bits per heavy atom. The molecule has 0 radical (unpaired) electrons. The first-order valence-corrected chi connectivity index (χ1v) is 8.74. The molecule has 0 aromatic heterocycles. The zero-order chi connectivity index (χ0) is 15.3. The molecule has 0 aliphatic heterocycles. The van der Waals surface area contributed by atoms with Crippen molar-refractivity contribution >= 4 is 0 Å². The van der Waals surface area contributed by atoms with Crippen LogP contribution in [0.2, 0.25) is 0 Å². The zero-order valence-electron chi connectivity index (χ0n) is 14.4. The van der Waals surface area contributed by atoms with E-state index in [0.29, 0.717) is 11.5 Å². The summed E-state index contributed by atoms with van der Waals surface area (Å²) in [6, 6.07) is 11.5. The Hall–Kier alpha value is -0.820. The van der Waals surface area contributed by atoms with Crippen LogP contribution in [0.1, 0.15) is 71.4 Å². The first kappa shape index (κ1) is 16.5. The third-order valence-corrected chi connectivity index (χ3v) is 4.93. The zero-order valence-corrected chi connectivity index (χ0v) is 14.4. The summed E-state index contributed by atoms with van der Waals surface area (Å²) in [6.45, 7) is 10.6. The molecule has 0 spiro atoms. The second-order valence-corrected chi connectivity index (χ2v) is 8.16. The van der Waals surface area contributed by atoms with Gasteiger partial charge in [-0.2, -0.15) is 0 Å². The predicted octanol–water partition coefficient (Wildman–Crippen LogP) is 5.58. The molecule has 3 atom stereocenters. The topological polar surface area (TPSA) is 12.0 Å². The minimum Gasteiger partial charge on any atom is -0.310 e. The molecule has 1 fully saturated rings. The lowest BCUT2D eigenvalue weighted by Gasteiger charge is -2.33. The molecule has 1 aliphatic carbocycles. The number of nitrogens with one attached hydrogen (secondary N) is 1. The van der Waals surface area contributed by atoms with E-state index in [9.17, 15) is 0 Å². The molecule has 0 saturated heterocycles. The lowest BCUT2D eigenvalue weighted by atomic mass is 9.80. The van der Waals surface area contributed by atoms with E-state index in [1.165, 1.54) is 44.2 Å². The van der Waals surface area contributed by atoms with Gasteiger partial charge < -0.3 is 5.32 Å². The van der Waals surface area contributed by atoms with Gasteiger partial charge in [0.05, 0.1) is 0 Å². The fraction of sp³-hybridized carbons (Fsp3) is 0.700. The van der Waals surface area contributed by atoms with Gasteiger partial charge in [0.1, 0.15) is 0 Å². The van der Waals surface area contributed by atoms with E-state index < -0.39 is 0 Å². The Morgan fingerprint density at radius 3 is 2.38 bits per heavy atom. The van der Waals surface area contributed by atoms with Crippen LogP contribution in [-0.2, 0) is 0 Å². The molecule has 3 unspecified atom stereocenters. The highest BCUT2D eigenvalue weighted by Crippen LogP contribution is 2.32. The van der Waals surface area contributed by atoms with Crippen molar-refractivity contribution < 1.29 is 0 Å². The van der Waals surface area contributed by atoms with Crippen LogP contribution in [0, 0.1) is 17.3 Å². The molecule has 1 aliphatic rings. The van der Waals surface area contributed by atoms with Crippen molar-refractivity contribution in [2.75, 3.05) is 6.54 Å². The van der Waals surface area contributed by atoms with E-state index in [0.717, 1.165) is 11.8 Å². The summed E-state index contributed by atoms with van der Waals surface area (Å²) < 4.78 is 0. The Bertz CT molecular complexity index is 404. The van der Waals surface area contributed by atoms with Crippen LogP contribution < -0.4 is 5.32 Å². The minimum absolute atomic E-state index is 0.353. The molecule has 0 heterocycles. The van der Waals surface area contributed by atoms with Crippen LogP contribution in [0.25, 0.3) is 0 Å². The maximum atomic E-state index is 3.89. The quantitative estimate of drug-likeness (QED) is 0.745. The van der Waals surface area contributed by atoms with Crippen LogP contribution in [0.3, 0.4) is 0 Å². The highest BCUT2D eigenvalue weighted by atomic mass is 14.9. The monoisotopic (exact) mass is 287 g/mol. The van der Waals surface area contributed by atoms with Gasteiger partial charge in [0, 0.05) is 6.04 Å². The summed E-state index contributed by atoms with van der Waals surface area (Å²) in [5.41, 5.74) is 1.79. The molecule has 2 rings (SSSR count). The van der Waals surface area contributed by atoms with Crippen molar-refractivity contribution in [2.24, 2.45) is 17.3 Å². The van der Waals surface area contributed by atoms with Crippen molar-refractivity contribution in [1.82, 2.24) is 5.32 Å². The average Bonchev–Trinajstić information content (AvgIpc) is 2.45. The second-order valence-electron chi connectivity index (χ2n) is 8.16. The standard InChI is InChI=1S/C20H33N/c1-16-10-8-9-13-18(16)15-21-19(14-20(2,3)4)17-11-6-5-7-12-17/h5-7,11-12,16,18-19,21H,8-10,13-15H2,1-4H3. The molecule has 1 N–H and O–H groups in total. The van der Waals surface area contributed by atoms with E-state index >= 15 is 0 Å². The smallest absolute Gasteiger partial charge is 0.0325 e. The van der Waals surface area contributed by atoms with Crippen molar-refractivity contribution in [1.29, 1.82) is 0 Å². The van der Waals surface area contributed by atoms with Gasteiger partial charge in [-0.3, -0.25) is 0 Å². The maximum absolute atomic E-state index is 3.89. The molecular weight excluding hydrogens is 254 g/mol. The SMILES string of the molecule is CC1CCCCC1CNC(CC(C)(C)C)c1ccccc1. The van der Waals surface area contributed by atoms with Gasteiger partial charge in [-0.25, -0.2) is 0 Å². The van der Waals surface area contributed by atoms with Gasteiger partial charge in [-0.05, 0) is 42.2 Å². The van der Waals surface area contributed by atoms with Crippen LogP contribution in [0.5, 0.6) is 0 Å². The maximum Gasteiger partial charge on any atom is 0.0325 e. The van der Waals surface area contributed by atoms with E-state index in [4.69, 9.17) is 0 Å². The molecule has 1 heteroatoms. The number of hydrogen-bond donors (Lipinski definition) is 1. The summed E-state index contributed by atoms with van der Waals surface area (Å²) in [5.74, 6) is 1.75. The molecule has 0 amide bonds. The summed E-state index contributed by atoms with van der Waals surface area (Å²) in [4.78, 5) is 0. The molecule has 1 aromatic rings. The van der Waals surface area contributed by atoms with Gasteiger partial charge in [-0.15, -0.1) is 0 Å². The highest BCUT2D eigenvalue weighted by Gasteiger charge is 2.24. The third-order valence-electron chi connectivity index (χ3n) is 4.93. The summed E-state index contributed by atoms with van der Waals surface area (Å²) in [7, 11) is 0. The number of hydrogen-bond acceptors (Lipinski definition) is 1. The molecule has 1 nitrogen and oxygen atoms in total. The van der Waals surface area contributed by atoms with Gasteiger partial charge >= 0.3 is 0 Å². The highest BCUT2D eigenvalue weighted by molar-refractivity contribution is 5.19. The van der Waals surface area contributed by atoms with Crippen LogP contribution in [-0.4, -0.2) is 6.54 Å². The average molecular weight is 287 g/mol.